The van der Waals surface area contributed by atoms with E-state index in [9.17, 15) is 9.90 Å². The molecular formula is C39H39FN2O7. The number of rotatable bonds is 11. The maximum atomic E-state index is 15.4. The van der Waals surface area contributed by atoms with Gasteiger partial charge in [0, 0.05) is 6.42 Å². The zero-order valence-corrected chi connectivity index (χ0v) is 28.1. The van der Waals surface area contributed by atoms with E-state index in [0.29, 0.717) is 17.2 Å². The van der Waals surface area contributed by atoms with Gasteiger partial charge >= 0.3 is 5.69 Å². The molecule has 2 heterocycles. The van der Waals surface area contributed by atoms with Gasteiger partial charge in [0.15, 0.2) is 0 Å². The molecule has 1 N–H and O–H groups in total. The summed E-state index contributed by atoms with van der Waals surface area (Å²) in [4.78, 5) is 17.1. The molecule has 9 nitrogen and oxygen atoms in total. The first-order chi connectivity index (χ1) is 23.6. The molecular weight excluding hydrogens is 627 g/mol. The molecule has 0 amide bonds. The highest BCUT2D eigenvalue weighted by molar-refractivity contribution is 5.50. The Balaban J connectivity index is 1.30. The molecule has 0 unspecified atom stereocenters. The maximum absolute atomic E-state index is 15.4. The highest BCUT2D eigenvalue weighted by Crippen LogP contribution is 2.43. The Hall–Kier alpha value is -5.03. The first kappa shape index (κ1) is 33.9. The smallest absolute Gasteiger partial charge is 0.353 e. The second kappa shape index (κ2) is 14.2. The molecule has 0 bridgehead atoms. The predicted molar refractivity (Wildman–Crippen MR) is 182 cm³/mol. The fourth-order valence-electron chi connectivity index (χ4n) is 6.45. The highest BCUT2D eigenvalue weighted by Gasteiger charge is 2.42. The molecule has 10 heteroatoms. The van der Waals surface area contributed by atoms with E-state index in [1.54, 1.807) is 14.2 Å². The average molecular weight is 667 g/mol. The molecule has 5 aromatic rings. The van der Waals surface area contributed by atoms with Crippen LogP contribution < -0.4 is 19.9 Å². The molecule has 1 aliphatic rings. The van der Waals surface area contributed by atoms with Crippen molar-refractivity contribution in [3.05, 3.63) is 147 Å². The lowest BCUT2D eigenvalue weighted by Gasteiger charge is -2.37. The van der Waals surface area contributed by atoms with Crippen LogP contribution in [0.5, 0.6) is 23.1 Å². The van der Waals surface area contributed by atoms with E-state index in [4.69, 9.17) is 23.7 Å². The number of hydrogen-bond donors (Lipinski definition) is 1. The van der Waals surface area contributed by atoms with Crippen LogP contribution in [0.3, 0.4) is 0 Å². The van der Waals surface area contributed by atoms with Crippen LogP contribution >= 0.6 is 0 Å². The van der Waals surface area contributed by atoms with Crippen molar-refractivity contribution < 1.29 is 33.2 Å². The van der Waals surface area contributed by atoms with Crippen molar-refractivity contribution in [2.24, 2.45) is 0 Å². The van der Waals surface area contributed by atoms with Crippen molar-refractivity contribution in [2.45, 2.75) is 51.2 Å². The van der Waals surface area contributed by atoms with E-state index in [2.05, 4.69) is 4.98 Å². The summed E-state index contributed by atoms with van der Waals surface area (Å²) >= 11 is 0. The third kappa shape index (κ3) is 6.80. The van der Waals surface area contributed by atoms with Gasteiger partial charge in [0.05, 0.1) is 33.1 Å². The second-order valence-corrected chi connectivity index (χ2v) is 12.2. The molecule has 254 valence electrons. The lowest BCUT2D eigenvalue weighted by Crippen LogP contribution is -2.38. The van der Waals surface area contributed by atoms with Gasteiger partial charge in [-0.15, -0.1) is 0 Å². The van der Waals surface area contributed by atoms with Crippen molar-refractivity contribution >= 4 is 0 Å². The molecule has 0 saturated carbocycles. The van der Waals surface area contributed by atoms with Gasteiger partial charge in [-0.05, 0) is 72.9 Å². The van der Waals surface area contributed by atoms with Crippen LogP contribution in [0.25, 0.3) is 0 Å². The number of hydrogen-bond acceptors (Lipinski definition) is 8. The Kier molecular flexibility index (Phi) is 9.82. The number of aliphatic hydroxyl groups is 1. The molecule has 1 fully saturated rings. The fraction of sp³-hybridized carbons (Fsp3) is 0.282. The number of nitrogens with zero attached hydrogens (tertiary/aromatic N) is 2. The van der Waals surface area contributed by atoms with Crippen LogP contribution in [-0.4, -0.2) is 47.7 Å². The minimum absolute atomic E-state index is 0.0227. The Morgan fingerprint density at radius 3 is 1.98 bits per heavy atom. The summed E-state index contributed by atoms with van der Waals surface area (Å²) in [6.07, 6.45) is -1.83. The second-order valence-electron chi connectivity index (χ2n) is 12.2. The van der Waals surface area contributed by atoms with E-state index in [0.717, 1.165) is 44.1 Å². The van der Waals surface area contributed by atoms with Gasteiger partial charge in [0.25, 0.3) is 5.88 Å². The molecule has 0 aliphatic carbocycles. The van der Waals surface area contributed by atoms with Gasteiger partial charge in [-0.1, -0.05) is 72.3 Å². The standard InChI is InChI=1S/C39H39FN2O7/c1-24-19-25(2)36(26(3)20-24)49-37-32(40)22-42(38(44)41-37)35-21-33(43)34(48-35)23-47-39(27-9-7-6-8-10-27,28-11-15-30(45-4)16-12-28)29-13-17-31(46-5)18-14-29/h6-20,22,33-35,43H,21,23H2,1-5H3/t33-,34+,35+/m0/s1. The SMILES string of the molecule is COc1ccc(C(OC[C@H]2O[C@@H](n3cc(F)c(Oc4c(C)cc(C)cc4C)nc3=O)C[C@@H]2O)(c2ccccc2)c2ccc(OC)cc2)cc1. The summed E-state index contributed by atoms with van der Waals surface area (Å²) in [6.45, 7) is 5.58. The van der Waals surface area contributed by atoms with Crippen LogP contribution in [0, 0.1) is 26.6 Å². The lowest BCUT2D eigenvalue weighted by atomic mass is 9.80. The predicted octanol–water partition coefficient (Wildman–Crippen LogP) is 6.77. The summed E-state index contributed by atoms with van der Waals surface area (Å²) in [5.74, 6) is 0.545. The fourth-order valence-corrected chi connectivity index (χ4v) is 6.45. The molecule has 0 radical (unpaired) electrons. The first-order valence-electron chi connectivity index (χ1n) is 16.0. The van der Waals surface area contributed by atoms with E-state index in [1.165, 1.54) is 0 Å². The van der Waals surface area contributed by atoms with Crippen molar-refractivity contribution in [1.29, 1.82) is 0 Å². The van der Waals surface area contributed by atoms with E-state index in [-0.39, 0.29) is 13.0 Å². The van der Waals surface area contributed by atoms with Gasteiger partial charge in [0.2, 0.25) is 5.82 Å². The van der Waals surface area contributed by atoms with Gasteiger partial charge in [0.1, 0.15) is 35.2 Å². The minimum atomic E-state index is -1.14. The van der Waals surface area contributed by atoms with Crippen LogP contribution in [0.1, 0.15) is 46.0 Å². The maximum Gasteiger partial charge on any atom is 0.353 e. The molecule has 3 atom stereocenters. The monoisotopic (exact) mass is 666 g/mol. The van der Waals surface area contributed by atoms with Crippen molar-refractivity contribution in [3.8, 4) is 23.1 Å². The molecule has 6 rings (SSSR count). The van der Waals surface area contributed by atoms with Gasteiger partial charge in [-0.25, -0.2) is 4.79 Å². The number of ether oxygens (including phenoxy) is 5. The van der Waals surface area contributed by atoms with Crippen molar-refractivity contribution in [2.75, 3.05) is 20.8 Å². The first-order valence-corrected chi connectivity index (χ1v) is 16.0. The summed E-state index contributed by atoms with van der Waals surface area (Å²) in [5, 5.41) is 11.2. The molecule has 49 heavy (non-hydrogen) atoms. The number of aromatic nitrogens is 2. The number of benzene rings is 4. The summed E-state index contributed by atoms with van der Waals surface area (Å²) in [6, 6.07) is 28.7. The average Bonchev–Trinajstić information content (AvgIpc) is 3.48. The summed E-state index contributed by atoms with van der Waals surface area (Å²) in [7, 11) is 3.21. The van der Waals surface area contributed by atoms with Gasteiger partial charge in [-0.2, -0.15) is 9.37 Å². The number of aliphatic hydroxyl groups excluding tert-OH is 1. The Labute approximate surface area is 284 Å². The van der Waals surface area contributed by atoms with E-state index >= 15 is 4.39 Å². The quantitative estimate of drug-likeness (QED) is 0.154. The zero-order valence-electron chi connectivity index (χ0n) is 28.1. The van der Waals surface area contributed by atoms with Gasteiger partial charge in [-0.3, -0.25) is 4.57 Å². The van der Waals surface area contributed by atoms with Crippen LogP contribution in [0.15, 0.2) is 102 Å². The molecule has 1 aromatic heterocycles. The van der Waals surface area contributed by atoms with Gasteiger partial charge < -0.3 is 28.8 Å². The third-order valence-electron chi connectivity index (χ3n) is 8.83. The molecule has 0 spiro atoms. The Morgan fingerprint density at radius 2 is 1.43 bits per heavy atom. The number of aryl methyl sites for hydroxylation is 3. The largest absolute Gasteiger partial charge is 0.497 e. The topological polar surface area (TPSA) is 101 Å². The van der Waals surface area contributed by atoms with E-state index in [1.807, 2.05) is 112 Å². The van der Waals surface area contributed by atoms with Crippen molar-refractivity contribution in [3.63, 3.8) is 0 Å². The molecule has 4 aromatic carbocycles. The van der Waals surface area contributed by atoms with Crippen LogP contribution in [0.4, 0.5) is 4.39 Å². The number of halogens is 1. The zero-order chi connectivity index (χ0) is 34.7. The molecule has 1 saturated heterocycles. The number of methoxy groups -OCH3 is 2. The normalized spacial score (nSPS) is 17.6. The third-order valence-corrected chi connectivity index (χ3v) is 8.83. The molecule has 1 aliphatic heterocycles. The van der Waals surface area contributed by atoms with Crippen molar-refractivity contribution in [1.82, 2.24) is 9.55 Å². The minimum Gasteiger partial charge on any atom is -0.497 e. The van der Waals surface area contributed by atoms with Crippen LogP contribution in [0.2, 0.25) is 0 Å². The highest BCUT2D eigenvalue weighted by atomic mass is 19.1. The Morgan fingerprint density at radius 1 is 0.878 bits per heavy atom. The lowest BCUT2D eigenvalue weighted by molar-refractivity contribution is -0.0945. The Bertz CT molecular complexity index is 1890. The summed E-state index contributed by atoms with van der Waals surface area (Å²) < 4.78 is 46.1. The van der Waals surface area contributed by atoms with E-state index < -0.39 is 41.4 Å². The summed E-state index contributed by atoms with van der Waals surface area (Å²) in [5.41, 5.74) is 3.18. The van der Waals surface area contributed by atoms with Crippen LogP contribution in [-0.2, 0) is 15.1 Å².